The third kappa shape index (κ3) is 4.25. The molecule has 2 saturated heterocycles. The van der Waals surface area contributed by atoms with E-state index in [0.717, 1.165) is 58.7 Å². The van der Waals surface area contributed by atoms with Crippen molar-refractivity contribution in [3.8, 4) is 0 Å². The van der Waals surface area contributed by atoms with E-state index in [2.05, 4.69) is 28.6 Å². The van der Waals surface area contributed by atoms with Crippen molar-refractivity contribution in [1.82, 2.24) is 15.1 Å². The number of ether oxygens (including phenoxy) is 1. The van der Waals surface area contributed by atoms with Crippen molar-refractivity contribution in [1.29, 1.82) is 0 Å². The minimum Gasteiger partial charge on any atom is -0.379 e. The Labute approximate surface area is 142 Å². The molecule has 0 aromatic carbocycles. The molecule has 1 atom stereocenters. The summed E-state index contributed by atoms with van der Waals surface area (Å²) in [7, 11) is 0. The highest BCUT2D eigenvalue weighted by atomic mass is 32.1. The van der Waals surface area contributed by atoms with E-state index in [1.165, 1.54) is 4.88 Å². The molecule has 6 heteroatoms. The van der Waals surface area contributed by atoms with E-state index in [4.69, 9.17) is 4.74 Å². The lowest BCUT2D eigenvalue weighted by atomic mass is 10.0. The van der Waals surface area contributed by atoms with Crippen molar-refractivity contribution in [3.63, 3.8) is 0 Å². The number of thiophene rings is 1. The monoisotopic (exact) mass is 337 g/mol. The first-order valence-corrected chi connectivity index (χ1v) is 9.56. The number of carbonyl (C=O) groups excluding carboxylic acids is 1. The Balaban J connectivity index is 1.48. The van der Waals surface area contributed by atoms with Crippen LogP contribution in [0, 0.1) is 0 Å². The van der Waals surface area contributed by atoms with Gasteiger partial charge in [-0.2, -0.15) is 0 Å². The van der Waals surface area contributed by atoms with Crippen LogP contribution in [0.5, 0.6) is 0 Å². The summed E-state index contributed by atoms with van der Waals surface area (Å²) in [5, 5.41) is 5.26. The number of urea groups is 1. The van der Waals surface area contributed by atoms with Gasteiger partial charge in [-0.1, -0.05) is 13.0 Å². The number of likely N-dealkylation sites (tertiary alicyclic amines) is 1. The van der Waals surface area contributed by atoms with Gasteiger partial charge in [-0.15, -0.1) is 11.3 Å². The van der Waals surface area contributed by atoms with Crippen LogP contribution in [0.25, 0.3) is 0 Å². The second-order valence-electron chi connectivity index (χ2n) is 6.29. The van der Waals surface area contributed by atoms with Crippen LogP contribution in [-0.2, 0) is 4.74 Å². The summed E-state index contributed by atoms with van der Waals surface area (Å²) < 4.78 is 5.43. The van der Waals surface area contributed by atoms with Gasteiger partial charge in [-0.3, -0.25) is 4.90 Å². The summed E-state index contributed by atoms with van der Waals surface area (Å²) in [5.41, 5.74) is 0. The predicted octanol–water partition coefficient (Wildman–Crippen LogP) is 2.71. The molecule has 3 heterocycles. The summed E-state index contributed by atoms with van der Waals surface area (Å²) >= 11 is 1.71. The fourth-order valence-corrected chi connectivity index (χ4v) is 4.34. The molecule has 2 aliphatic heterocycles. The Morgan fingerprint density at radius 1 is 1.35 bits per heavy atom. The van der Waals surface area contributed by atoms with Crippen molar-refractivity contribution < 1.29 is 9.53 Å². The highest BCUT2D eigenvalue weighted by molar-refractivity contribution is 7.10. The van der Waals surface area contributed by atoms with Gasteiger partial charge in [0, 0.05) is 37.1 Å². The lowest BCUT2D eigenvalue weighted by molar-refractivity contribution is 0.00373. The van der Waals surface area contributed by atoms with Gasteiger partial charge >= 0.3 is 6.03 Å². The molecule has 2 amide bonds. The molecule has 0 radical (unpaired) electrons. The van der Waals surface area contributed by atoms with Gasteiger partial charge < -0.3 is 15.0 Å². The normalized spacial score (nSPS) is 22.0. The van der Waals surface area contributed by atoms with Gasteiger partial charge in [-0.25, -0.2) is 4.79 Å². The van der Waals surface area contributed by atoms with E-state index >= 15 is 0 Å². The summed E-state index contributed by atoms with van der Waals surface area (Å²) in [6, 6.07) is 4.99. The summed E-state index contributed by atoms with van der Waals surface area (Å²) in [5.74, 6) is 0. The van der Waals surface area contributed by atoms with Crippen molar-refractivity contribution in [2.75, 3.05) is 39.4 Å². The molecule has 0 saturated carbocycles. The molecule has 0 aliphatic carbocycles. The number of rotatable bonds is 4. The number of hydrogen-bond acceptors (Lipinski definition) is 4. The van der Waals surface area contributed by atoms with Crippen molar-refractivity contribution in [2.45, 2.75) is 38.3 Å². The Hall–Kier alpha value is -1.11. The van der Waals surface area contributed by atoms with Crippen LogP contribution < -0.4 is 5.32 Å². The number of nitrogens with zero attached hydrogens (tertiary/aromatic N) is 2. The molecular weight excluding hydrogens is 310 g/mol. The maximum atomic E-state index is 12.5. The van der Waals surface area contributed by atoms with Crippen molar-refractivity contribution in [3.05, 3.63) is 22.4 Å². The molecule has 2 fully saturated rings. The average Bonchev–Trinajstić information content (AvgIpc) is 3.15. The lowest BCUT2D eigenvalue weighted by Gasteiger charge is -2.40. The van der Waals surface area contributed by atoms with Crippen LogP contribution in [0.2, 0.25) is 0 Å². The molecule has 1 aromatic heterocycles. The quantitative estimate of drug-likeness (QED) is 0.919. The minimum absolute atomic E-state index is 0.0886. The lowest BCUT2D eigenvalue weighted by Crippen LogP contribution is -2.52. The number of carbonyl (C=O) groups is 1. The smallest absolute Gasteiger partial charge is 0.317 e. The Bertz CT molecular complexity index is 480. The molecule has 23 heavy (non-hydrogen) atoms. The zero-order valence-corrected chi connectivity index (χ0v) is 14.7. The molecule has 0 spiro atoms. The number of hydrogen-bond donors (Lipinski definition) is 1. The number of amides is 2. The Morgan fingerprint density at radius 2 is 2.09 bits per heavy atom. The fraction of sp³-hybridized carbons (Fsp3) is 0.706. The minimum atomic E-state index is 0.0886. The standard InChI is InChI=1S/C17H27N3O2S/c1-2-15(16-4-3-13-23-16)18-17(21)20-7-5-14(6-8-20)19-9-11-22-12-10-19/h3-4,13-15H,2,5-12H2,1H3,(H,18,21). The predicted molar refractivity (Wildman–Crippen MR) is 92.9 cm³/mol. The van der Waals surface area contributed by atoms with Crippen molar-refractivity contribution >= 4 is 17.4 Å². The summed E-state index contributed by atoms with van der Waals surface area (Å²) in [4.78, 5) is 18.3. The topological polar surface area (TPSA) is 44.8 Å². The fourth-order valence-electron chi connectivity index (χ4n) is 3.48. The molecule has 0 bridgehead atoms. The van der Waals surface area contributed by atoms with E-state index in [-0.39, 0.29) is 12.1 Å². The first kappa shape index (κ1) is 16.7. The number of piperidine rings is 1. The maximum Gasteiger partial charge on any atom is 0.317 e. The molecule has 1 unspecified atom stereocenters. The highest BCUT2D eigenvalue weighted by Crippen LogP contribution is 2.23. The molecule has 1 N–H and O–H groups in total. The zero-order valence-electron chi connectivity index (χ0n) is 13.9. The van der Waals surface area contributed by atoms with E-state index in [0.29, 0.717) is 6.04 Å². The SMILES string of the molecule is CCC(NC(=O)N1CCC(N2CCOCC2)CC1)c1cccs1. The Kier molecular flexibility index (Phi) is 5.91. The van der Waals surface area contributed by atoms with Crippen LogP contribution in [0.3, 0.4) is 0 Å². The molecule has 128 valence electrons. The molecule has 3 rings (SSSR count). The maximum absolute atomic E-state index is 12.5. The summed E-state index contributed by atoms with van der Waals surface area (Å²) in [6.07, 6.45) is 3.07. The van der Waals surface area contributed by atoms with Gasteiger partial charge in [-0.05, 0) is 30.7 Å². The number of morpholine rings is 1. The van der Waals surface area contributed by atoms with E-state index in [1.807, 2.05) is 11.0 Å². The van der Waals surface area contributed by atoms with E-state index < -0.39 is 0 Å². The van der Waals surface area contributed by atoms with Crippen LogP contribution in [-0.4, -0.2) is 61.3 Å². The van der Waals surface area contributed by atoms with E-state index in [1.54, 1.807) is 11.3 Å². The largest absolute Gasteiger partial charge is 0.379 e. The van der Waals surface area contributed by atoms with Crippen LogP contribution >= 0.6 is 11.3 Å². The van der Waals surface area contributed by atoms with Crippen LogP contribution in [0.15, 0.2) is 17.5 Å². The zero-order chi connectivity index (χ0) is 16.1. The first-order valence-electron chi connectivity index (χ1n) is 8.68. The molecular formula is C17H27N3O2S. The third-order valence-electron chi connectivity index (χ3n) is 4.91. The van der Waals surface area contributed by atoms with Gasteiger partial charge in [0.2, 0.25) is 0 Å². The average molecular weight is 337 g/mol. The third-order valence-corrected chi connectivity index (χ3v) is 5.89. The second-order valence-corrected chi connectivity index (χ2v) is 7.27. The molecule has 1 aromatic rings. The van der Waals surface area contributed by atoms with Gasteiger partial charge in [0.1, 0.15) is 0 Å². The van der Waals surface area contributed by atoms with Crippen LogP contribution in [0.1, 0.15) is 37.1 Å². The molecule has 2 aliphatic rings. The first-order chi connectivity index (χ1) is 11.3. The highest BCUT2D eigenvalue weighted by Gasteiger charge is 2.28. The summed E-state index contributed by atoms with van der Waals surface area (Å²) in [6.45, 7) is 7.60. The molecule has 5 nitrogen and oxygen atoms in total. The number of nitrogens with one attached hydrogen (secondary N) is 1. The van der Waals surface area contributed by atoms with Crippen LogP contribution in [0.4, 0.5) is 4.79 Å². The van der Waals surface area contributed by atoms with Crippen molar-refractivity contribution in [2.24, 2.45) is 0 Å². The second kappa shape index (κ2) is 8.13. The van der Waals surface area contributed by atoms with Gasteiger partial charge in [0.25, 0.3) is 0 Å². The van der Waals surface area contributed by atoms with Gasteiger partial charge in [0.05, 0.1) is 19.3 Å². The Morgan fingerprint density at radius 3 is 2.70 bits per heavy atom. The van der Waals surface area contributed by atoms with Gasteiger partial charge in [0.15, 0.2) is 0 Å². The van der Waals surface area contributed by atoms with E-state index in [9.17, 15) is 4.79 Å².